The molecule has 1 fully saturated rings. The number of aryl methyl sites for hydroxylation is 1. The van der Waals surface area contributed by atoms with E-state index >= 15 is 0 Å². The Balaban J connectivity index is 1.70. The third-order valence-electron chi connectivity index (χ3n) is 4.23. The predicted octanol–water partition coefficient (Wildman–Crippen LogP) is 3.00. The SMILES string of the molecule is CCCNC1CCN(CCc2ccccc2C)CC1. The van der Waals surface area contributed by atoms with Gasteiger partial charge >= 0.3 is 0 Å². The van der Waals surface area contributed by atoms with Crippen LogP contribution < -0.4 is 5.32 Å². The van der Waals surface area contributed by atoms with Gasteiger partial charge < -0.3 is 10.2 Å². The van der Waals surface area contributed by atoms with Gasteiger partial charge in [0.2, 0.25) is 0 Å². The monoisotopic (exact) mass is 260 g/mol. The van der Waals surface area contributed by atoms with E-state index in [1.54, 1.807) is 0 Å². The fourth-order valence-electron chi connectivity index (χ4n) is 2.88. The summed E-state index contributed by atoms with van der Waals surface area (Å²) in [4.78, 5) is 2.62. The second kappa shape index (κ2) is 7.66. The van der Waals surface area contributed by atoms with Gasteiger partial charge in [-0.1, -0.05) is 31.2 Å². The minimum absolute atomic E-state index is 0.759. The normalized spacial score (nSPS) is 17.8. The van der Waals surface area contributed by atoms with Gasteiger partial charge in [-0.05, 0) is 63.4 Å². The van der Waals surface area contributed by atoms with Crippen molar-refractivity contribution in [2.24, 2.45) is 0 Å². The highest BCUT2D eigenvalue weighted by atomic mass is 15.1. The van der Waals surface area contributed by atoms with Gasteiger partial charge in [0, 0.05) is 12.6 Å². The molecule has 0 aromatic heterocycles. The van der Waals surface area contributed by atoms with Crippen LogP contribution in [-0.2, 0) is 6.42 Å². The van der Waals surface area contributed by atoms with Crippen LogP contribution >= 0.6 is 0 Å². The number of nitrogens with one attached hydrogen (secondary N) is 1. The number of hydrogen-bond acceptors (Lipinski definition) is 2. The van der Waals surface area contributed by atoms with Gasteiger partial charge in [0.1, 0.15) is 0 Å². The Bertz CT molecular complexity index is 367. The molecule has 0 saturated carbocycles. The Labute approximate surface area is 118 Å². The molecule has 1 aliphatic rings. The molecule has 1 saturated heterocycles. The Morgan fingerprint density at radius 3 is 2.63 bits per heavy atom. The molecule has 1 aromatic carbocycles. The second-order valence-corrected chi connectivity index (χ2v) is 5.75. The summed E-state index contributed by atoms with van der Waals surface area (Å²) in [5, 5.41) is 3.65. The average molecular weight is 260 g/mol. The van der Waals surface area contributed by atoms with Crippen LogP contribution in [-0.4, -0.2) is 37.1 Å². The summed E-state index contributed by atoms with van der Waals surface area (Å²) < 4.78 is 0. The summed E-state index contributed by atoms with van der Waals surface area (Å²) in [6.45, 7) is 9.36. The average Bonchev–Trinajstić information content (AvgIpc) is 2.45. The highest BCUT2D eigenvalue weighted by Crippen LogP contribution is 2.13. The molecule has 1 N–H and O–H groups in total. The third-order valence-corrected chi connectivity index (χ3v) is 4.23. The summed E-state index contributed by atoms with van der Waals surface area (Å²) in [6.07, 6.45) is 5.06. The van der Waals surface area contributed by atoms with E-state index in [0.29, 0.717) is 0 Å². The lowest BCUT2D eigenvalue weighted by molar-refractivity contribution is 0.200. The van der Waals surface area contributed by atoms with E-state index in [1.165, 1.54) is 63.0 Å². The zero-order chi connectivity index (χ0) is 13.5. The van der Waals surface area contributed by atoms with Crippen molar-refractivity contribution in [2.75, 3.05) is 26.2 Å². The minimum atomic E-state index is 0.759. The number of benzene rings is 1. The van der Waals surface area contributed by atoms with Gasteiger partial charge in [-0.15, -0.1) is 0 Å². The van der Waals surface area contributed by atoms with Crippen LogP contribution in [0.2, 0.25) is 0 Å². The van der Waals surface area contributed by atoms with Crippen molar-refractivity contribution >= 4 is 0 Å². The Hall–Kier alpha value is -0.860. The van der Waals surface area contributed by atoms with E-state index in [4.69, 9.17) is 0 Å². The lowest BCUT2D eigenvalue weighted by Crippen LogP contribution is -2.43. The van der Waals surface area contributed by atoms with Crippen molar-refractivity contribution in [1.29, 1.82) is 0 Å². The van der Waals surface area contributed by atoms with Crippen LogP contribution in [0.25, 0.3) is 0 Å². The smallest absolute Gasteiger partial charge is 0.00914 e. The summed E-state index contributed by atoms with van der Waals surface area (Å²) >= 11 is 0. The molecule has 19 heavy (non-hydrogen) atoms. The van der Waals surface area contributed by atoms with Gasteiger partial charge in [-0.25, -0.2) is 0 Å². The van der Waals surface area contributed by atoms with E-state index in [0.717, 1.165) is 6.04 Å². The Morgan fingerprint density at radius 2 is 1.95 bits per heavy atom. The van der Waals surface area contributed by atoms with Gasteiger partial charge in [-0.3, -0.25) is 0 Å². The van der Waals surface area contributed by atoms with Crippen LogP contribution in [0.15, 0.2) is 24.3 Å². The molecule has 2 rings (SSSR count). The number of rotatable bonds is 6. The van der Waals surface area contributed by atoms with Crippen LogP contribution in [0.5, 0.6) is 0 Å². The van der Waals surface area contributed by atoms with Crippen LogP contribution in [0, 0.1) is 6.92 Å². The van der Waals surface area contributed by atoms with E-state index in [-0.39, 0.29) is 0 Å². The van der Waals surface area contributed by atoms with E-state index in [1.807, 2.05) is 0 Å². The number of nitrogens with zero attached hydrogens (tertiary/aromatic N) is 1. The fraction of sp³-hybridized carbons (Fsp3) is 0.647. The van der Waals surface area contributed by atoms with Crippen molar-refractivity contribution in [1.82, 2.24) is 10.2 Å². The molecule has 0 amide bonds. The van der Waals surface area contributed by atoms with Crippen molar-refractivity contribution in [3.05, 3.63) is 35.4 Å². The first-order valence-electron chi connectivity index (χ1n) is 7.80. The first-order chi connectivity index (χ1) is 9.29. The summed E-state index contributed by atoms with van der Waals surface area (Å²) in [5.74, 6) is 0. The van der Waals surface area contributed by atoms with E-state index < -0.39 is 0 Å². The van der Waals surface area contributed by atoms with Crippen LogP contribution in [0.3, 0.4) is 0 Å². The molecule has 0 spiro atoms. The largest absolute Gasteiger partial charge is 0.314 e. The fourth-order valence-corrected chi connectivity index (χ4v) is 2.88. The number of piperidine rings is 1. The maximum atomic E-state index is 3.65. The predicted molar refractivity (Wildman–Crippen MR) is 82.6 cm³/mol. The number of hydrogen-bond donors (Lipinski definition) is 1. The van der Waals surface area contributed by atoms with Crippen molar-refractivity contribution < 1.29 is 0 Å². The molecular formula is C17H28N2. The lowest BCUT2D eigenvalue weighted by atomic mass is 10.0. The molecule has 1 heterocycles. The molecule has 0 aliphatic carbocycles. The molecule has 106 valence electrons. The Kier molecular flexibility index (Phi) is 5.87. The van der Waals surface area contributed by atoms with E-state index in [9.17, 15) is 0 Å². The zero-order valence-corrected chi connectivity index (χ0v) is 12.5. The molecule has 2 nitrogen and oxygen atoms in total. The molecular weight excluding hydrogens is 232 g/mol. The summed E-state index contributed by atoms with van der Waals surface area (Å²) in [7, 11) is 0. The third kappa shape index (κ3) is 4.63. The molecule has 0 radical (unpaired) electrons. The molecule has 2 heteroatoms. The Morgan fingerprint density at radius 1 is 1.21 bits per heavy atom. The molecule has 0 atom stereocenters. The highest BCUT2D eigenvalue weighted by Gasteiger charge is 2.17. The maximum Gasteiger partial charge on any atom is 0.00914 e. The zero-order valence-electron chi connectivity index (χ0n) is 12.5. The standard InChI is InChI=1S/C17H28N2/c1-3-11-18-17-9-13-19(14-10-17)12-8-16-7-5-4-6-15(16)2/h4-7,17-18H,3,8-14H2,1-2H3. The molecule has 1 aliphatic heterocycles. The quantitative estimate of drug-likeness (QED) is 0.846. The highest BCUT2D eigenvalue weighted by molar-refractivity contribution is 5.25. The van der Waals surface area contributed by atoms with Crippen LogP contribution in [0.1, 0.15) is 37.3 Å². The summed E-state index contributed by atoms with van der Waals surface area (Å²) in [5.41, 5.74) is 2.94. The van der Waals surface area contributed by atoms with E-state index in [2.05, 4.69) is 48.3 Å². The number of likely N-dealkylation sites (tertiary alicyclic amines) is 1. The van der Waals surface area contributed by atoms with Gasteiger partial charge in [0.25, 0.3) is 0 Å². The van der Waals surface area contributed by atoms with Gasteiger partial charge in [0.15, 0.2) is 0 Å². The molecule has 1 aromatic rings. The molecule has 0 unspecified atom stereocenters. The van der Waals surface area contributed by atoms with Crippen molar-refractivity contribution in [3.8, 4) is 0 Å². The molecule has 0 bridgehead atoms. The minimum Gasteiger partial charge on any atom is -0.314 e. The second-order valence-electron chi connectivity index (χ2n) is 5.75. The first-order valence-corrected chi connectivity index (χ1v) is 7.80. The van der Waals surface area contributed by atoms with Crippen molar-refractivity contribution in [3.63, 3.8) is 0 Å². The lowest BCUT2D eigenvalue weighted by Gasteiger charge is -2.32. The van der Waals surface area contributed by atoms with Gasteiger partial charge in [-0.2, -0.15) is 0 Å². The topological polar surface area (TPSA) is 15.3 Å². The first kappa shape index (κ1) is 14.5. The maximum absolute atomic E-state index is 3.65. The summed E-state index contributed by atoms with van der Waals surface area (Å²) in [6, 6.07) is 9.53. The van der Waals surface area contributed by atoms with Gasteiger partial charge in [0.05, 0.1) is 0 Å². The van der Waals surface area contributed by atoms with Crippen molar-refractivity contribution in [2.45, 2.75) is 45.6 Å². The van der Waals surface area contributed by atoms with Crippen LogP contribution in [0.4, 0.5) is 0 Å².